The molecule has 43 heavy (non-hydrogen) atoms. The Kier molecular flexibility index (Phi) is 12.1. The highest BCUT2D eigenvalue weighted by Gasteiger charge is 2.30. The number of hydrogen-bond acceptors (Lipinski definition) is 6. The Bertz CT molecular complexity index is 1180. The van der Waals surface area contributed by atoms with Gasteiger partial charge in [-0.25, -0.2) is 30.2 Å². The van der Waals surface area contributed by atoms with Gasteiger partial charge in [-0.1, -0.05) is 67.4 Å². The Labute approximate surface area is 260 Å². The number of nitrogens with zero attached hydrogens (tertiary/aromatic N) is 10. The van der Waals surface area contributed by atoms with Gasteiger partial charge in [0.2, 0.25) is 0 Å². The van der Waals surface area contributed by atoms with Crippen molar-refractivity contribution in [1.29, 1.82) is 0 Å². The van der Waals surface area contributed by atoms with E-state index in [0.717, 1.165) is 69.2 Å². The molecule has 232 valence electrons. The Hall–Kier alpha value is -3.78. The van der Waals surface area contributed by atoms with Gasteiger partial charge in [0.25, 0.3) is 11.9 Å². The number of rotatable bonds is 16. The summed E-state index contributed by atoms with van der Waals surface area (Å²) < 4.78 is 0. The van der Waals surface area contributed by atoms with E-state index in [1.807, 2.05) is 31.7 Å². The van der Waals surface area contributed by atoms with E-state index in [-0.39, 0.29) is 0 Å². The smallest absolute Gasteiger partial charge is 0.274 e. The molecule has 4 heterocycles. The van der Waals surface area contributed by atoms with Crippen LogP contribution >= 0.6 is 23.2 Å². The van der Waals surface area contributed by atoms with E-state index in [9.17, 15) is 20.2 Å². The van der Waals surface area contributed by atoms with Crippen LogP contribution in [0.25, 0.3) is 0 Å². The number of nitro groups is 2. The molecule has 0 radical (unpaired) electrons. The topological polar surface area (TPSA) is 150 Å². The van der Waals surface area contributed by atoms with E-state index in [2.05, 4.69) is 20.2 Å². The molecule has 2 aromatic rings. The normalized spacial score (nSPS) is 17.1. The van der Waals surface area contributed by atoms with Gasteiger partial charge in [0.1, 0.15) is 20.5 Å². The zero-order valence-corrected chi connectivity index (χ0v) is 25.4. The zero-order chi connectivity index (χ0) is 30.6. The molecule has 2 saturated heterocycles. The third-order valence-corrected chi connectivity index (χ3v) is 7.88. The largest absolute Gasteiger partial charge is 0.336 e. The Morgan fingerprint density at radius 1 is 0.628 bits per heavy atom. The van der Waals surface area contributed by atoms with Gasteiger partial charge in [-0.2, -0.15) is 0 Å². The molecule has 0 bridgehead atoms. The molecule has 2 aliphatic heterocycles. The molecule has 0 aliphatic carbocycles. The minimum Gasteiger partial charge on any atom is -0.336 e. The van der Waals surface area contributed by atoms with Gasteiger partial charge in [0.15, 0.2) is 10.1 Å². The van der Waals surface area contributed by atoms with Crippen molar-refractivity contribution in [2.45, 2.75) is 58.0 Å². The fourth-order valence-electron chi connectivity index (χ4n) is 5.33. The van der Waals surface area contributed by atoms with Crippen molar-refractivity contribution in [3.63, 3.8) is 0 Å². The first kappa shape index (κ1) is 32.1. The van der Waals surface area contributed by atoms with Gasteiger partial charge in [-0.15, -0.1) is 0 Å². The molecule has 16 heteroatoms. The molecule has 0 aromatic carbocycles. The molecule has 2 aromatic heterocycles. The molecular weight excluding hydrogens is 599 g/mol. The minimum absolute atomic E-state index is 0.394. The van der Waals surface area contributed by atoms with Crippen molar-refractivity contribution < 1.29 is 10.1 Å². The van der Waals surface area contributed by atoms with Crippen LogP contribution < -0.4 is 0 Å². The molecule has 4 rings (SSSR count). The summed E-state index contributed by atoms with van der Waals surface area (Å²) in [6.45, 7) is 5.13. The number of pyridine rings is 2. The molecule has 2 aliphatic rings. The third kappa shape index (κ3) is 10.2. The zero-order valence-electron chi connectivity index (χ0n) is 23.9. The summed E-state index contributed by atoms with van der Waals surface area (Å²) in [5, 5.41) is 29.2. The second kappa shape index (κ2) is 16.2. The van der Waals surface area contributed by atoms with Crippen LogP contribution in [0.1, 0.15) is 56.1 Å². The summed E-state index contributed by atoms with van der Waals surface area (Å²) >= 11 is 11.7. The number of aromatic nitrogens is 2. The summed E-state index contributed by atoms with van der Waals surface area (Å²) in [6, 6.07) is 7.14. The summed E-state index contributed by atoms with van der Waals surface area (Å²) in [6.07, 6.45) is 10.5. The highest BCUT2D eigenvalue weighted by atomic mass is 35.5. The molecule has 0 unspecified atom stereocenters. The van der Waals surface area contributed by atoms with Crippen LogP contribution in [0.3, 0.4) is 0 Å². The van der Waals surface area contributed by atoms with E-state index in [1.54, 1.807) is 24.5 Å². The molecule has 0 saturated carbocycles. The molecule has 2 fully saturated rings. The summed E-state index contributed by atoms with van der Waals surface area (Å²) in [7, 11) is 0. The number of hydrazone groups is 2. The Morgan fingerprint density at radius 2 is 1.00 bits per heavy atom. The van der Waals surface area contributed by atoms with Crippen LogP contribution in [-0.2, 0) is 13.1 Å². The SMILES string of the molecule is O=[N+]([O-])/N=C1/N(CCCCCCCCCN2CCN(Cc3ccc(Cl)nc3)/C2=N\[N+](=O)[O-])CCN1Cc1ccc(Cl)nc1. The fraction of sp³-hybridized carbons (Fsp3) is 0.556. The second-order valence-electron chi connectivity index (χ2n) is 10.5. The molecule has 0 N–H and O–H groups in total. The number of unbranched alkanes of at least 4 members (excludes halogenated alkanes) is 6. The Morgan fingerprint density at radius 3 is 1.35 bits per heavy atom. The maximum absolute atomic E-state index is 11.2. The average molecular weight is 636 g/mol. The highest BCUT2D eigenvalue weighted by molar-refractivity contribution is 6.29. The first-order chi connectivity index (χ1) is 20.8. The van der Waals surface area contributed by atoms with Crippen molar-refractivity contribution in [2.24, 2.45) is 10.2 Å². The van der Waals surface area contributed by atoms with E-state index in [0.29, 0.717) is 61.5 Å². The number of halogens is 2. The fourth-order valence-corrected chi connectivity index (χ4v) is 5.56. The van der Waals surface area contributed by atoms with Gasteiger partial charge in [-0.3, -0.25) is 0 Å². The Balaban J connectivity index is 1.12. The lowest BCUT2D eigenvalue weighted by Crippen LogP contribution is -2.34. The summed E-state index contributed by atoms with van der Waals surface area (Å²) in [5.41, 5.74) is 1.84. The van der Waals surface area contributed by atoms with Gasteiger partial charge >= 0.3 is 0 Å². The number of guanidine groups is 2. The van der Waals surface area contributed by atoms with Crippen molar-refractivity contribution in [3.8, 4) is 0 Å². The predicted octanol–water partition coefficient (Wildman–Crippen LogP) is 4.54. The maximum Gasteiger partial charge on any atom is 0.274 e. The highest BCUT2D eigenvalue weighted by Crippen LogP contribution is 2.18. The van der Waals surface area contributed by atoms with Crippen molar-refractivity contribution in [1.82, 2.24) is 29.6 Å². The van der Waals surface area contributed by atoms with Crippen LogP contribution in [0.4, 0.5) is 0 Å². The van der Waals surface area contributed by atoms with Crippen LogP contribution in [0.2, 0.25) is 10.3 Å². The molecular formula is C27H36Cl2N10O4. The van der Waals surface area contributed by atoms with Crippen molar-refractivity contribution in [2.75, 3.05) is 39.3 Å². The van der Waals surface area contributed by atoms with E-state index < -0.39 is 10.1 Å². The lowest BCUT2D eigenvalue weighted by Gasteiger charge is -2.21. The first-order valence-electron chi connectivity index (χ1n) is 14.4. The molecule has 0 spiro atoms. The van der Waals surface area contributed by atoms with Gasteiger partial charge in [-0.05, 0) is 36.1 Å². The molecule has 0 atom stereocenters. The molecule has 0 amide bonds. The van der Waals surface area contributed by atoms with Crippen molar-refractivity contribution >= 4 is 35.1 Å². The lowest BCUT2D eigenvalue weighted by atomic mass is 10.1. The summed E-state index contributed by atoms with van der Waals surface area (Å²) in [5.74, 6) is 0.787. The van der Waals surface area contributed by atoms with E-state index in [1.165, 1.54) is 0 Å². The third-order valence-electron chi connectivity index (χ3n) is 7.43. The lowest BCUT2D eigenvalue weighted by molar-refractivity contribution is -0.486. The number of hydrogen-bond donors (Lipinski definition) is 0. The van der Waals surface area contributed by atoms with Crippen LogP contribution in [0.5, 0.6) is 0 Å². The quantitative estimate of drug-likeness (QED) is 0.111. The van der Waals surface area contributed by atoms with Gasteiger partial charge < -0.3 is 19.6 Å². The van der Waals surface area contributed by atoms with Crippen molar-refractivity contribution in [3.05, 3.63) is 78.3 Å². The molecule has 14 nitrogen and oxygen atoms in total. The predicted molar refractivity (Wildman–Crippen MR) is 164 cm³/mol. The minimum atomic E-state index is -0.635. The standard InChI is InChI=1S/C27H36Cl2N10O4/c28-24-10-8-22(18-30-24)20-36-16-14-34(26(36)32-38(40)41)12-6-4-2-1-3-5-7-13-35-15-17-37(27(35)33-39(42)43)21-23-9-11-25(29)31-19-23/h8-11,18-19H,1-7,12-17,20-21H2/b32-26-,33-27-. The van der Waals surface area contributed by atoms with Gasteiger partial charge in [0.05, 0.1) is 0 Å². The second-order valence-corrected chi connectivity index (χ2v) is 11.3. The summed E-state index contributed by atoms with van der Waals surface area (Å²) in [4.78, 5) is 38.3. The maximum atomic E-state index is 11.2. The van der Waals surface area contributed by atoms with Gasteiger partial charge in [0, 0.05) is 64.8 Å². The van der Waals surface area contributed by atoms with Crippen LogP contribution in [-0.4, -0.2) is 90.8 Å². The van der Waals surface area contributed by atoms with E-state index >= 15 is 0 Å². The van der Waals surface area contributed by atoms with Crippen LogP contribution in [0.15, 0.2) is 46.9 Å². The monoisotopic (exact) mass is 634 g/mol. The first-order valence-corrected chi connectivity index (χ1v) is 15.2. The van der Waals surface area contributed by atoms with Crippen LogP contribution in [0, 0.1) is 20.2 Å². The van der Waals surface area contributed by atoms with E-state index in [4.69, 9.17) is 23.2 Å². The average Bonchev–Trinajstić information content (AvgIpc) is 3.52.